The molecule has 0 aliphatic carbocycles. The maximum absolute atomic E-state index is 12.8. The molecule has 0 spiro atoms. The van der Waals surface area contributed by atoms with E-state index in [1.54, 1.807) is 30.6 Å². The van der Waals surface area contributed by atoms with Crippen LogP contribution in [0.3, 0.4) is 0 Å². The quantitative estimate of drug-likeness (QED) is 0.808. The Hall–Kier alpha value is -1.67. The zero-order valence-corrected chi connectivity index (χ0v) is 16.3. The lowest BCUT2D eigenvalue weighted by molar-refractivity contribution is 0.0787. The number of pyridine rings is 1. The molecular weight excluding hydrogens is 395 g/mol. The van der Waals surface area contributed by atoms with Gasteiger partial charge in [0, 0.05) is 44.1 Å². The largest absolute Gasteiger partial charge is 0.337 e. The van der Waals surface area contributed by atoms with Crippen molar-refractivity contribution in [2.24, 2.45) is 11.8 Å². The molecule has 26 heavy (non-hydrogen) atoms. The molecule has 0 aromatic carbocycles. The first-order chi connectivity index (χ1) is 11.7. The molecule has 0 radical (unpaired) electrons. The van der Waals surface area contributed by atoms with E-state index in [0.717, 1.165) is 26.2 Å². The number of halogens is 2. The number of hydrogen-bond acceptors (Lipinski definition) is 5. The van der Waals surface area contributed by atoms with Crippen molar-refractivity contribution in [2.45, 2.75) is 0 Å². The number of nitrogens with one attached hydrogen (secondary N) is 2. The molecule has 4 rings (SSSR count). The summed E-state index contributed by atoms with van der Waals surface area (Å²) < 4.78 is 0. The molecule has 0 unspecified atom stereocenters. The molecule has 2 saturated heterocycles. The molecule has 2 aliphatic heterocycles. The Morgan fingerprint density at radius 2 is 1.77 bits per heavy atom. The normalized spacial score (nSPS) is 20.7. The second-order valence-corrected chi connectivity index (χ2v) is 7.16. The van der Waals surface area contributed by atoms with Crippen molar-refractivity contribution in [3.8, 4) is 0 Å². The summed E-state index contributed by atoms with van der Waals surface area (Å²) in [7, 11) is 0. The Labute approximate surface area is 168 Å². The number of likely N-dealkylation sites (tertiary alicyclic amines) is 1. The highest BCUT2D eigenvalue weighted by molar-refractivity contribution is 7.12. The topological polar surface area (TPSA) is 74.3 Å². The first-order valence-corrected chi connectivity index (χ1v) is 8.89. The van der Waals surface area contributed by atoms with Gasteiger partial charge in [-0.3, -0.25) is 14.6 Å². The lowest BCUT2D eigenvalue weighted by Crippen LogP contribution is -2.32. The highest BCUT2D eigenvalue weighted by Gasteiger charge is 2.39. The summed E-state index contributed by atoms with van der Waals surface area (Å²) in [4.78, 5) is 31.6. The molecular formula is C17H20Cl2N4O2S. The maximum atomic E-state index is 12.8. The van der Waals surface area contributed by atoms with Crippen molar-refractivity contribution in [1.82, 2.24) is 15.2 Å². The lowest BCUT2D eigenvalue weighted by Gasteiger charge is -2.17. The molecule has 2 amide bonds. The molecule has 6 nitrogen and oxygen atoms in total. The molecule has 0 bridgehead atoms. The van der Waals surface area contributed by atoms with Gasteiger partial charge in [-0.2, -0.15) is 0 Å². The van der Waals surface area contributed by atoms with Gasteiger partial charge in [0.15, 0.2) is 0 Å². The Kier molecular flexibility index (Phi) is 7.00. The number of carbonyl (C=O) groups excluding carboxylic acids is 2. The molecule has 2 aliphatic rings. The minimum absolute atomic E-state index is 0. The van der Waals surface area contributed by atoms with E-state index in [4.69, 9.17) is 0 Å². The van der Waals surface area contributed by atoms with Crippen molar-refractivity contribution in [3.05, 3.63) is 46.4 Å². The summed E-state index contributed by atoms with van der Waals surface area (Å²) >= 11 is 1.38. The van der Waals surface area contributed by atoms with Crippen molar-refractivity contribution in [2.75, 3.05) is 31.5 Å². The number of rotatable bonds is 3. The van der Waals surface area contributed by atoms with Gasteiger partial charge in [0.05, 0.1) is 5.69 Å². The molecule has 2 fully saturated rings. The van der Waals surface area contributed by atoms with Gasteiger partial charge in [0.2, 0.25) is 0 Å². The zero-order chi connectivity index (χ0) is 16.5. The number of anilines is 1. The average molecular weight is 415 g/mol. The van der Waals surface area contributed by atoms with E-state index in [1.807, 2.05) is 10.3 Å². The van der Waals surface area contributed by atoms with Crippen molar-refractivity contribution < 1.29 is 9.59 Å². The van der Waals surface area contributed by atoms with Crippen LogP contribution < -0.4 is 10.6 Å². The second kappa shape index (κ2) is 8.81. The Bertz CT molecular complexity index is 759. The van der Waals surface area contributed by atoms with E-state index in [2.05, 4.69) is 15.6 Å². The fourth-order valence-corrected chi connectivity index (χ4v) is 4.25. The van der Waals surface area contributed by atoms with Crippen LogP contribution in [0.1, 0.15) is 20.0 Å². The SMILES string of the molecule is Cl.Cl.O=C(Nc1ccsc1C(=O)N1C[C@H]2CNC[C@H]2C1)c1ccncc1. The van der Waals surface area contributed by atoms with Gasteiger partial charge >= 0.3 is 0 Å². The van der Waals surface area contributed by atoms with E-state index < -0.39 is 0 Å². The number of hydrogen-bond donors (Lipinski definition) is 2. The molecule has 2 aromatic rings. The summed E-state index contributed by atoms with van der Waals surface area (Å²) in [6.45, 7) is 3.58. The third-order valence-corrected chi connectivity index (χ3v) is 5.63. The summed E-state index contributed by atoms with van der Waals surface area (Å²) in [6, 6.07) is 5.09. The van der Waals surface area contributed by atoms with Crippen LogP contribution in [0, 0.1) is 11.8 Å². The van der Waals surface area contributed by atoms with Crippen LogP contribution in [0.4, 0.5) is 5.69 Å². The average Bonchev–Trinajstić information content (AvgIpc) is 3.30. The molecule has 140 valence electrons. The summed E-state index contributed by atoms with van der Waals surface area (Å²) in [6.07, 6.45) is 3.15. The minimum atomic E-state index is -0.229. The number of thiophene rings is 1. The number of fused-ring (bicyclic) bond motifs is 1. The van der Waals surface area contributed by atoms with E-state index in [-0.39, 0.29) is 36.6 Å². The first-order valence-electron chi connectivity index (χ1n) is 8.01. The molecule has 0 saturated carbocycles. The van der Waals surface area contributed by atoms with Crippen LogP contribution in [0.5, 0.6) is 0 Å². The molecule has 2 N–H and O–H groups in total. The highest BCUT2D eigenvalue weighted by atomic mass is 35.5. The first kappa shape index (κ1) is 20.6. The van der Waals surface area contributed by atoms with E-state index in [1.165, 1.54) is 11.3 Å². The van der Waals surface area contributed by atoms with Gasteiger partial charge in [0.25, 0.3) is 11.8 Å². The van der Waals surface area contributed by atoms with Gasteiger partial charge in [-0.25, -0.2) is 0 Å². The van der Waals surface area contributed by atoms with Gasteiger partial charge in [-0.1, -0.05) is 0 Å². The number of amides is 2. The summed E-state index contributed by atoms with van der Waals surface area (Å²) in [5.74, 6) is 0.907. The monoisotopic (exact) mass is 414 g/mol. The minimum Gasteiger partial charge on any atom is -0.337 e. The number of aromatic nitrogens is 1. The summed E-state index contributed by atoms with van der Waals surface area (Å²) in [5, 5.41) is 8.06. The Balaban J connectivity index is 0.00000121. The zero-order valence-electron chi connectivity index (χ0n) is 13.9. The third-order valence-electron chi connectivity index (χ3n) is 4.73. The predicted molar refractivity (Wildman–Crippen MR) is 107 cm³/mol. The Morgan fingerprint density at radius 3 is 2.42 bits per heavy atom. The van der Waals surface area contributed by atoms with E-state index >= 15 is 0 Å². The summed E-state index contributed by atoms with van der Waals surface area (Å²) in [5.41, 5.74) is 1.11. The van der Waals surface area contributed by atoms with Gasteiger partial charge < -0.3 is 15.5 Å². The van der Waals surface area contributed by atoms with Crippen LogP contribution >= 0.6 is 36.2 Å². The van der Waals surface area contributed by atoms with Crippen LogP contribution in [-0.2, 0) is 0 Å². The highest BCUT2D eigenvalue weighted by Crippen LogP contribution is 2.31. The maximum Gasteiger partial charge on any atom is 0.266 e. The number of nitrogens with zero attached hydrogens (tertiary/aromatic N) is 2. The van der Waals surface area contributed by atoms with Crippen molar-refractivity contribution in [3.63, 3.8) is 0 Å². The third kappa shape index (κ3) is 4.01. The van der Waals surface area contributed by atoms with Crippen LogP contribution in [0.25, 0.3) is 0 Å². The van der Waals surface area contributed by atoms with Crippen LogP contribution in [0.2, 0.25) is 0 Å². The Morgan fingerprint density at radius 1 is 1.12 bits per heavy atom. The van der Waals surface area contributed by atoms with Gasteiger partial charge in [-0.15, -0.1) is 36.2 Å². The molecule has 2 atom stereocenters. The molecule has 2 aromatic heterocycles. The van der Waals surface area contributed by atoms with Gasteiger partial charge in [-0.05, 0) is 35.4 Å². The second-order valence-electron chi connectivity index (χ2n) is 6.24. The lowest BCUT2D eigenvalue weighted by atomic mass is 10.0. The van der Waals surface area contributed by atoms with Crippen molar-refractivity contribution in [1.29, 1.82) is 0 Å². The standard InChI is InChI=1S/C17H18N4O2S.2ClH/c22-16(11-1-4-18-5-2-11)20-14-3-6-24-15(14)17(23)21-9-12-7-19-8-13(12)10-21;;/h1-6,12-13,19H,7-10H2,(H,20,22);2*1H/t12-,13+;;. The molecule has 4 heterocycles. The smallest absolute Gasteiger partial charge is 0.266 e. The van der Waals surface area contributed by atoms with Crippen molar-refractivity contribution >= 4 is 53.7 Å². The van der Waals surface area contributed by atoms with Crippen LogP contribution in [0.15, 0.2) is 36.0 Å². The van der Waals surface area contributed by atoms with E-state index in [0.29, 0.717) is 28.0 Å². The molecule has 9 heteroatoms. The number of carbonyl (C=O) groups is 2. The van der Waals surface area contributed by atoms with Gasteiger partial charge in [0.1, 0.15) is 4.88 Å². The van der Waals surface area contributed by atoms with E-state index in [9.17, 15) is 9.59 Å². The van der Waals surface area contributed by atoms with Crippen LogP contribution in [-0.4, -0.2) is 47.9 Å². The predicted octanol–water partition coefficient (Wildman–Crippen LogP) is 2.53. The fourth-order valence-electron chi connectivity index (χ4n) is 3.44. The fraction of sp³-hybridized carbons (Fsp3) is 0.353.